The van der Waals surface area contributed by atoms with E-state index in [1.807, 2.05) is 0 Å². The fourth-order valence-electron chi connectivity index (χ4n) is 3.28. The smallest absolute Gasteiger partial charge is 0.416 e. The van der Waals surface area contributed by atoms with Crippen LogP contribution in [0.15, 0.2) is 77.5 Å². The molecule has 0 aliphatic rings. The van der Waals surface area contributed by atoms with Crippen molar-refractivity contribution in [1.29, 1.82) is 0 Å². The second-order valence-electron chi connectivity index (χ2n) is 6.59. The Hall–Kier alpha value is -3.13. The molecule has 2 aromatic carbocycles. The molecule has 0 aliphatic carbocycles. The molecule has 4 nitrogen and oxygen atoms in total. The highest BCUT2D eigenvalue weighted by Crippen LogP contribution is 2.36. The summed E-state index contributed by atoms with van der Waals surface area (Å²) >= 11 is 3.32. The molecule has 0 radical (unpaired) electrons. The van der Waals surface area contributed by atoms with Gasteiger partial charge in [0.2, 0.25) is 0 Å². The Balaban J connectivity index is 2.06. The molecule has 2 aromatic heterocycles. The van der Waals surface area contributed by atoms with Crippen LogP contribution in [0, 0.1) is 6.92 Å². The summed E-state index contributed by atoms with van der Waals surface area (Å²) in [5, 5.41) is -0.189. The minimum atomic E-state index is -4.54. The molecule has 0 atom stereocenters. The summed E-state index contributed by atoms with van der Waals surface area (Å²) in [6.07, 6.45) is -4.54. The first kappa shape index (κ1) is 20.2. The monoisotopic (exact) mass is 476 g/mol. The number of alkyl halides is 3. The van der Waals surface area contributed by atoms with E-state index in [1.165, 1.54) is 25.1 Å². The van der Waals surface area contributed by atoms with Gasteiger partial charge in [0.25, 0.3) is 0 Å². The molecule has 4 aromatic rings. The highest BCUT2D eigenvalue weighted by Gasteiger charge is 2.31. The van der Waals surface area contributed by atoms with Crippen molar-refractivity contribution in [2.75, 3.05) is 0 Å². The van der Waals surface area contributed by atoms with Crippen molar-refractivity contribution in [2.45, 2.75) is 13.1 Å². The number of aryl methyl sites for hydroxylation is 1. The lowest BCUT2D eigenvalue weighted by atomic mass is 9.97. The van der Waals surface area contributed by atoms with Crippen molar-refractivity contribution >= 4 is 26.7 Å². The van der Waals surface area contributed by atoms with Gasteiger partial charge in [-0.15, -0.1) is 0 Å². The van der Waals surface area contributed by atoms with Gasteiger partial charge in [0.1, 0.15) is 11.5 Å². The SMILES string of the molecule is Cc1oc(=O)c2c(=O)oc(-c3ccc(Br)cc3)cc2c1-c1cccc(C(F)(F)F)c1. The maximum absolute atomic E-state index is 13.2. The molecule has 0 spiro atoms. The average Bonchev–Trinajstić information content (AvgIpc) is 2.67. The van der Waals surface area contributed by atoms with E-state index in [2.05, 4.69) is 15.9 Å². The second-order valence-corrected chi connectivity index (χ2v) is 7.51. The molecule has 0 N–H and O–H groups in total. The van der Waals surface area contributed by atoms with Crippen LogP contribution in [0.1, 0.15) is 11.3 Å². The fraction of sp³-hybridized carbons (Fsp3) is 0.0909. The molecule has 8 heteroatoms. The van der Waals surface area contributed by atoms with Crippen LogP contribution in [0.2, 0.25) is 0 Å². The van der Waals surface area contributed by atoms with Gasteiger partial charge < -0.3 is 8.83 Å². The van der Waals surface area contributed by atoms with Crippen molar-refractivity contribution in [3.63, 3.8) is 0 Å². The molecular formula is C22H12BrF3O4. The molecule has 152 valence electrons. The highest BCUT2D eigenvalue weighted by molar-refractivity contribution is 9.10. The van der Waals surface area contributed by atoms with Crippen LogP contribution in [0.25, 0.3) is 33.2 Å². The van der Waals surface area contributed by atoms with Gasteiger partial charge in [-0.1, -0.05) is 40.2 Å². The Morgan fingerprint density at radius 3 is 2.20 bits per heavy atom. The summed E-state index contributed by atoms with van der Waals surface area (Å²) in [6, 6.07) is 13.0. The number of hydrogen-bond donors (Lipinski definition) is 0. The van der Waals surface area contributed by atoms with Crippen LogP contribution in [0.4, 0.5) is 13.2 Å². The molecule has 0 bridgehead atoms. The summed E-state index contributed by atoms with van der Waals surface area (Å²) in [5.41, 5.74) is -1.72. The molecule has 30 heavy (non-hydrogen) atoms. The first-order valence-electron chi connectivity index (χ1n) is 8.70. The van der Waals surface area contributed by atoms with E-state index >= 15 is 0 Å². The van der Waals surface area contributed by atoms with Gasteiger partial charge in [0.05, 0.1) is 5.56 Å². The Bertz CT molecular complexity index is 1380. The number of fused-ring (bicyclic) bond motifs is 1. The predicted octanol–water partition coefficient (Wildman–Crippen LogP) is 6.17. The number of rotatable bonds is 2. The molecule has 2 heterocycles. The lowest BCUT2D eigenvalue weighted by Gasteiger charge is -2.12. The Morgan fingerprint density at radius 2 is 1.53 bits per heavy atom. The van der Waals surface area contributed by atoms with Gasteiger partial charge in [-0.2, -0.15) is 13.2 Å². The molecule has 0 amide bonds. The molecule has 0 fully saturated rings. The Labute approximate surface area is 175 Å². The predicted molar refractivity (Wildman–Crippen MR) is 109 cm³/mol. The topological polar surface area (TPSA) is 60.4 Å². The Morgan fingerprint density at radius 1 is 0.867 bits per heavy atom. The van der Waals surface area contributed by atoms with E-state index in [1.54, 1.807) is 24.3 Å². The zero-order valence-corrected chi connectivity index (χ0v) is 16.9. The summed E-state index contributed by atoms with van der Waals surface area (Å²) in [6.45, 7) is 1.46. The van der Waals surface area contributed by atoms with Gasteiger partial charge in [-0.3, -0.25) is 0 Å². The van der Waals surface area contributed by atoms with E-state index in [0.717, 1.165) is 16.6 Å². The first-order chi connectivity index (χ1) is 14.1. The summed E-state index contributed by atoms with van der Waals surface area (Å²) in [7, 11) is 0. The van der Waals surface area contributed by atoms with E-state index in [9.17, 15) is 22.8 Å². The van der Waals surface area contributed by atoms with Gasteiger partial charge in [-0.05, 0) is 42.8 Å². The summed E-state index contributed by atoms with van der Waals surface area (Å²) < 4.78 is 50.9. The molecule has 0 saturated heterocycles. The van der Waals surface area contributed by atoms with Crippen LogP contribution < -0.4 is 11.3 Å². The van der Waals surface area contributed by atoms with E-state index in [-0.39, 0.29) is 33.4 Å². The molecule has 0 aliphatic heterocycles. The van der Waals surface area contributed by atoms with Crippen molar-refractivity contribution in [3.05, 3.63) is 91.2 Å². The normalized spacial score (nSPS) is 11.8. The van der Waals surface area contributed by atoms with Gasteiger partial charge in [-0.25, -0.2) is 9.59 Å². The second kappa shape index (κ2) is 7.28. The van der Waals surface area contributed by atoms with E-state index in [0.29, 0.717) is 5.56 Å². The standard InChI is InChI=1S/C22H12BrF3O4/c1-11-18(13-3-2-4-14(9-13)22(24,25)26)16-10-17(12-5-7-15(23)8-6-12)30-21(28)19(16)20(27)29-11/h2-10H,1H3. The van der Waals surface area contributed by atoms with Crippen LogP contribution in [-0.4, -0.2) is 0 Å². The van der Waals surface area contributed by atoms with Crippen molar-refractivity contribution < 1.29 is 22.0 Å². The maximum Gasteiger partial charge on any atom is 0.416 e. The van der Waals surface area contributed by atoms with Gasteiger partial charge >= 0.3 is 17.4 Å². The number of halogens is 4. The summed E-state index contributed by atoms with van der Waals surface area (Å²) in [5.74, 6) is 0.275. The lowest BCUT2D eigenvalue weighted by molar-refractivity contribution is -0.137. The minimum absolute atomic E-state index is 0.0965. The average molecular weight is 477 g/mol. The third-order valence-corrected chi connectivity index (χ3v) is 5.16. The van der Waals surface area contributed by atoms with Crippen LogP contribution in [-0.2, 0) is 6.18 Å². The Kier molecular flexibility index (Phi) is 4.89. The third kappa shape index (κ3) is 3.59. The minimum Gasteiger partial charge on any atom is -0.427 e. The highest BCUT2D eigenvalue weighted by atomic mass is 79.9. The molecular weight excluding hydrogens is 465 g/mol. The molecule has 0 saturated carbocycles. The van der Waals surface area contributed by atoms with Gasteiger partial charge in [0, 0.05) is 21.0 Å². The van der Waals surface area contributed by atoms with Crippen LogP contribution >= 0.6 is 15.9 Å². The lowest BCUT2D eigenvalue weighted by Crippen LogP contribution is -2.14. The van der Waals surface area contributed by atoms with Gasteiger partial charge in [0.15, 0.2) is 5.39 Å². The van der Waals surface area contributed by atoms with Crippen molar-refractivity contribution in [2.24, 2.45) is 0 Å². The van der Waals surface area contributed by atoms with E-state index in [4.69, 9.17) is 8.83 Å². The first-order valence-corrected chi connectivity index (χ1v) is 9.49. The number of benzene rings is 2. The van der Waals surface area contributed by atoms with Crippen molar-refractivity contribution in [3.8, 4) is 22.5 Å². The maximum atomic E-state index is 13.2. The van der Waals surface area contributed by atoms with E-state index < -0.39 is 23.0 Å². The zero-order chi connectivity index (χ0) is 21.6. The fourth-order valence-corrected chi connectivity index (χ4v) is 3.55. The third-order valence-electron chi connectivity index (χ3n) is 4.63. The van der Waals surface area contributed by atoms with Crippen molar-refractivity contribution in [1.82, 2.24) is 0 Å². The number of hydrogen-bond acceptors (Lipinski definition) is 4. The summed E-state index contributed by atoms with van der Waals surface area (Å²) in [4.78, 5) is 24.9. The van der Waals surface area contributed by atoms with Crippen LogP contribution in [0.5, 0.6) is 0 Å². The van der Waals surface area contributed by atoms with Crippen LogP contribution in [0.3, 0.4) is 0 Å². The molecule has 4 rings (SSSR count). The quantitative estimate of drug-likeness (QED) is 0.347. The zero-order valence-electron chi connectivity index (χ0n) is 15.3. The molecule has 0 unspecified atom stereocenters. The largest absolute Gasteiger partial charge is 0.427 e.